The largest absolute Gasteiger partial charge is 0.485 e. The van der Waals surface area contributed by atoms with Crippen molar-refractivity contribution in [3.63, 3.8) is 0 Å². The lowest BCUT2D eigenvalue weighted by Gasteiger charge is -2.31. The lowest BCUT2D eigenvalue weighted by atomic mass is 9.95. The van der Waals surface area contributed by atoms with Crippen molar-refractivity contribution in [2.75, 3.05) is 25.4 Å². The number of amides is 1. The molecule has 0 radical (unpaired) electrons. The Kier molecular flexibility index (Phi) is 7.97. The van der Waals surface area contributed by atoms with Gasteiger partial charge in [0.15, 0.2) is 11.0 Å². The van der Waals surface area contributed by atoms with E-state index in [1.54, 1.807) is 0 Å². The van der Waals surface area contributed by atoms with E-state index in [2.05, 4.69) is 14.8 Å². The van der Waals surface area contributed by atoms with Gasteiger partial charge in [0.05, 0.1) is 18.5 Å². The van der Waals surface area contributed by atoms with E-state index in [0.29, 0.717) is 43.1 Å². The van der Waals surface area contributed by atoms with Gasteiger partial charge in [0.2, 0.25) is 5.91 Å². The molecule has 174 valence electrons. The van der Waals surface area contributed by atoms with Crippen molar-refractivity contribution < 1.29 is 14.3 Å². The molecule has 1 saturated heterocycles. The van der Waals surface area contributed by atoms with E-state index in [-0.39, 0.29) is 12.0 Å². The van der Waals surface area contributed by atoms with Crippen molar-refractivity contribution in [1.82, 2.24) is 19.7 Å². The fourth-order valence-electron chi connectivity index (χ4n) is 4.39. The number of morpholine rings is 1. The first-order valence-corrected chi connectivity index (χ1v) is 12.7. The van der Waals surface area contributed by atoms with Crippen molar-refractivity contribution in [3.05, 3.63) is 34.6 Å². The molecule has 0 N–H and O–H groups in total. The van der Waals surface area contributed by atoms with Crippen LogP contribution in [-0.4, -0.2) is 57.1 Å². The number of thioether (sulfide) groups is 1. The highest BCUT2D eigenvalue weighted by atomic mass is 35.5. The molecule has 1 aromatic carbocycles. The third kappa shape index (κ3) is 5.77. The van der Waals surface area contributed by atoms with Gasteiger partial charge in [0.25, 0.3) is 0 Å². The van der Waals surface area contributed by atoms with Crippen molar-refractivity contribution in [3.8, 4) is 5.75 Å². The fourth-order valence-corrected chi connectivity index (χ4v) is 5.54. The lowest BCUT2D eigenvalue weighted by Crippen LogP contribution is -2.45. The number of aryl methyl sites for hydroxylation is 1. The molecule has 2 aromatic rings. The molecule has 0 unspecified atom stereocenters. The summed E-state index contributed by atoms with van der Waals surface area (Å²) in [6.07, 6.45) is 5.97. The summed E-state index contributed by atoms with van der Waals surface area (Å²) < 4.78 is 13.8. The molecule has 1 amide bonds. The second-order valence-electron chi connectivity index (χ2n) is 8.57. The Morgan fingerprint density at radius 1 is 1.28 bits per heavy atom. The molecule has 0 bridgehead atoms. The number of ether oxygens (including phenoxy) is 2. The van der Waals surface area contributed by atoms with Gasteiger partial charge in [-0.3, -0.25) is 9.36 Å². The van der Waals surface area contributed by atoms with E-state index in [4.69, 9.17) is 21.1 Å². The number of hydrogen-bond donors (Lipinski definition) is 0. The standard InChI is InChI=1S/C23H31ClN4O3S/c1-16-12-18(24)8-9-20(16)31-14-21-25-26-23(28(21)19-6-4-3-5-7-19)32-15-22(29)27-10-11-30-17(2)13-27/h8-9,12,17,19H,3-7,10-11,13-15H2,1-2H3/t17-/m1/s1. The zero-order valence-electron chi connectivity index (χ0n) is 18.8. The molecule has 9 heteroatoms. The quantitative estimate of drug-likeness (QED) is 0.539. The Bertz CT molecular complexity index is 932. The minimum atomic E-state index is 0.0867. The van der Waals surface area contributed by atoms with E-state index in [9.17, 15) is 4.79 Å². The Morgan fingerprint density at radius 2 is 2.09 bits per heavy atom. The van der Waals surface area contributed by atoms with Gasteiger partial charge >= 0.3 is 0 Å². The first-order valence-electron chi connectivity index (χ1n) is 11.4. The van der Waals surface area contributed by atoms with Gasteiger partial charge in [0, 0.05) is 24.2 Å². The number of carbonyl (C=O) groups excluding carboxylic acids is 1. The zero-order chi connectivity index (χ0) is 22.5. The number of aromatic nitrogens is 3. The molecule has 1 aromatic heterocycles. The third-order valence-electron chi connectivity index (χ3n) is 6.09. The van der Waals surface area contributed by atoms with Gasteiger partial charge < -0.3 is 14.4 Å². The molecule has 1 saturated carbocycles. The predicted molar refractivity (Wildman–Crippen MR) is 125 cm³/mol. The monoisotopic (exact) mass is 478 g/mol. The van der Waals surface area contributed by atoms with E-state index in [1.807, 2.05) is 36.9 Å². The molecule has 1 aliphatic heterocycles. The Labute approximate surface area is 198 Å². The number of rotatable bonds is 7. The molecule has 32 heavy (non-hydrogen) atoms. The fraction of sp³-hybridized carbons (Fsp3) is 0.609. The molecule has 1 atom stereocenters. The van der Waals surface area contributed by atoms with Crippen molar-refractivity contribution in [2.24, 2.45) is 0 Å². The maximum Gasteiger partial charge on any atom is 0.233 e. The van der Waals surface area contributed by atoms with Gasteiger partial charge in [-0.05, 0) is 50.5 Å². The summed E-state index contributed by atoms with van der Waals surface area (Å²) in [5.41, 5.74) is 0.987. The van der Waals surface area contributed by atoms with Gasteiger partial charge in [0.1, 0.15) is 12.4 Å². The van der Waals surface area contributed by atoms with E-state index >= 15 is 0 Å². The van der Waals surface area contributed by atoms with Crippen LogP contribution in [0.1, 0.15) is 56.5 Å². The van der Waals surface area contributed by atoms with Crippen LogP contribution in [0.5, 0.6) is 5.75 Å². The van der Waals surface area contributed by atoms with Crippen molar-refractivity contribution in [2.45, 2.75) is 69.9 Å². The minimum Gasteiger partial charge on any atom is -0.485 e. The summed E-state index contributed by atoms with van der Waals surface area (Å²) in [6.45, 7) is 6.21. The maximum absolute atomic E-state index is 12.7. The Morgan fingerprint density at radius 3 is 2.84 bits per heavy atom. The van der Waals surface area contributed by atoms with Crippen LogP contribution in [0.2, 0.25) is 5.02 Å². The zero-order valence-corrected chi connectivity index (χ0v) is 20.3. The second kappa shape index (κ2) is 10.9. The second-order valence-corrected chi connectivity index (χ2v) is 9.95. The molecule has 2 aliphatic rings. The summed E-state index contributed by atoms with van der Waals surface area (Å²) in [5.74, 6) is 2.08. The molecular formula is C23H31ClN4O3S. The van der Waals surface area contributed by atoms with E-state index in [1.165, 1.54) is 31.0 Å². The average molecular weight is 479 g/mol. The highest BCUT2D eigenvalue weighted by Gasteiger charge is 2.26. The summed E-state index contributed by atoms with van der Waals surface area (Å²) in [7, 11) is 0. The van der Waals surface area contributed by atoms with Crippen LogP contribution in [0.25, 0.3) is 0 Å². The first kappa shape index (κ1) is 23.4. The van der Waals surface area contributed by atoms with Gasteiger partial charge in [-0.25, -0.2) is 0 Å². The summed E-state index contributed by atoms with van der Waals surface area (Å²) in [6, 6.07) is 5.96. The van der Waals surface area contributed by atoms with Crippen LogP contribution in [-0.2, 0) is 16.1 Å². The average Bonchev–Trinajstić information content (AvgIpc) is 3.20. The topological polar surface area (TPSA) is 69.5 Å². The van der Waals surface area contributed by atoms with Crippen LogP contribution in [0.4, 0.5) is 0 Å². The molecule has 2 heterocycles. The van der Waals surface area contributed by atoms with Crippen LogP contribution >= 0.6 is 23.4 Å². The van der Waals surface area contributed by atoms with Crippen LogP contribution in [0.15, 0.2) is 23.4 Å². The van der Waals surface area contributed by atoms with Gasteiger partial charge in [-0.2, -0.15) is 0 Å². The highest BCUT2D eigenvalue weighted by Crippen LogP contribution is 2.33. The number of benzene rings is 1. The molecule has 1 aliphatic carbocycles. The van der Waals surface area contributed by atoms with Crippen LogP contribution in [0, 0.1) is 6.92 Å². The summed E-state index contributed by atoms with van der Waals surface area (Å²) in [5, 5.41) is 10.4. The summed E-state index contributed by atoms with van der Waals surface area (Å²) in [4.78, 5) is 14.6. The van der Waals surface area contributed by atoms with E-state index in [0.717, 1.165) is 35.1 Å². The number of halogens is 1. The van der Waals surface area contributed by atoms with Gasteiger partial charge in [-0.1, -0.05) is 42.6 Å². The number of carbonyl (C=O) groups is 1. The summed E-state index contributed by atoms with van der Waals surface area (Å²) >= 11 is 7.54. The maximum atomic E-state index is 12.7. The minimum absolute atomic E-state index is 0.0867. The Balaban J connectivity index is 1.46. The molecule has 7 nitrogen and oxygen atoms in total. The van der Waals surface area contributed by atoms with Crippen LogP contribution < -0.4 is 4.74 Å². The van der Waals surface area contributed by atoms with Crippen molar-refractivity contribution >= 4 is 29.3 Å². The van der Waals surface area contributed by atoms with Crippen LogP contribution in [0.3, 0.4) is 0 Å². The smallest absolute Gasteiger partial charge is 0.233 e. The normalized spacial score (nSPS) is 19.8. The molecular weight excluding hydrogens is 448 g/mol. The lowest BCUT2D eigenvalue weighted by molar-refractivity contribution is -0.135. The van der Waals surface area contributed by atoms with E-state index < -0.39 is 0 Å². The molecule has 0 spiro atoms. The predicted octanol–water partition coefficient (Wildman–Crippen LogP) is 4.66. The van der Waals surface area contributed by atoms with Crippen molar-refractivity contribution in [1.29, 1.82) is 0 Å². The SMILES string of the molecule is Cc1cc(Cl)ccc1OCc1nnc(SCC(=O)N2CCO[C@H](C)C2)n1C1CCCCC1. The van der Waals surface area contributed by atoms with Gasteiger partial charge in [-0.15, -0.1) is 10.2 Å². The first-order chi connectivity index (χ1) is 15.5. The Hall–Kier alpha value is -1.77. The number of hydrogen-bond acceptors (Lipinski definition) is 6. The molecule has 2 fully saturated rings. The molecule has 4 rings (SSSR count). The number of nitrogens with zero attached hydrogens (tertiary/aromatic N) is 4. The third-order valence-corrected chi connectivity index (χ3v) is 7.25. The highest BCUT2D eigenvalue weighted by molar-refractivity contribution is 7.99.